The molecule has 1 aliphatic heterocycles. The lowest BCUT2D eigenvalue weighted by Gasteiger charge is -2.33. The first-order chi connectivity index (χ1) is 10.8. The fraction of sp³-hybridized carbons (Fsp3) is 0.667. The number of piperidine rings is 1. The summed E-state index contributed by atoms with van der Waals surface area (Å²) < 4.78 is 0. The third-order valence-electron chi connectivity index (χ3n) is 4.95. The van der Waals surface area contributed by atoms with E-state index in [0.29, 0.717) is 6.54 Å². The highest BCUT2D eigenvalue weighted by Gasteiger charge is 2.29. The van der Waals surface area contributed by atoms with Gasteiger partial charge in [-0.2, -0.15) is 0 Å². The Morgan fingerprint density at radius 3 is 2.61 bits per heavy atom. The molecule has 1 unspecified atom stereocenters. The predicted octanol–water partition coefficient (Wildman–Crippen LogP) is 2.13. The van der Waals surface area contributed by atoms with E-state index < -0.39 is 5.60 Å². The molecule has 1 aromatic heterocycles. The maximum atomic E-state index is 12.3. The summed E-state index contributed by atoms with van der Waals surface area (Å²) >= 11 is 0. The Morgan fingerprint density at radius 1 is 1.43 bits per heavy atom. The lowest BCUT2D eigenvalue weighted by atomic mass is 9.91. The molecule has 0 aliphatic carbocycles. The molecule has 0 radical (unpaired) electrons. The van der Waals surface area contributed by atoms with Gasteiger partial charge in [-0.15, -0.1) is 0 Å². The average Bonchev–Trinajstić information content (AvgIpc) is 2.53. The van der Waals surface area contributed by atoms with Crippen molar-refractivity contribution in [2.75, 3.05) is 24.5 Å². The molecule has 128 valence electrons. The van der Waals surface area contributed by atoms with Gasteiger partial charge in [0.15, 0.2) is 0 Å². The summed E-state index contributed by atoms with van der Waals surface area (Å²) in [5.41, 5.74) is 0.294. The lowest BCUT2D eigenvalue weighted by Crippen LogP contribution is -2.47. The number of nitrogens with one attached hydrogen (secondary N) is 1. The number of rotatable bonds is 5. The van der Waals surface area contributed by atoms with Gasteiger partial charge in [-0.05, 0) is 44.2 Å². The van der Waals surface area contributed by atoms with Crippen LogP contribution in [0.5, 0.6) is 0 Å². The number of aryl methyl sites for hydroxylation is 1. The number of carbonyl (C=O) groups excluding carboxylic acids is 1. The van der Waals surface area contributed by atoms with E-state index in [9.17, 15) is 9.90 Å². The highest BCUT2D eigenvalue weighted by molar-refractivity contribution is 5.79. The molecule has 2 N–H and O–H groups in total. The number of anilines is 1. The Labute approximate surface area is 139 Å². The molecule has 2 rings (SSSR count). The summed E-state index contributed by atoms with van der Waals surface area (Å²) in [6.07, 6.45) is 3.53. The number of amides is 1. The van der Waals surface area contributed by atoms with Gasteiger partial charge in [0.2, 0.25) is 5.91 Å². The molecule has 0 aromatic carbocycles. The maximum absolute atomic E-state index is 12.3. The maximum Gasteiger partial charge on any atom is 0.223 e. The minimum absolute atomic E-state index is 0.0275. The smallest absolute Gasteiger partial charge is 0.223 e. The van der Waals surface area contributed by atoms with Gasteiger partial charge in [0, 0.05) is 31.7 Å². The molecule has 0 saturated carbocycles. The molecule has 0 spiro atoms. The van der Waals surface area contributed by atoms with E-state index in [0.717, 1.165) is 37.3 Å². The van der Waals surface area contributed by atoms with E-state index in [-0.39, 0.29) is 17.7 Å². The molecule has 1 atom stereocenters. The fourth-order valence-electron chi connectivity index (χ4n) is 2.63. The van der Waals surface area contributed by atoms with Crippen LogP contribution in [-0.4, -0.2) is 41.2 Å². The van der Waals surface area contributed by atoms with Crippen LogP contribution in [0.15, 0.2) is 18.3 Å². The van der Waals surface area contributed by atoms with E-state index in [1.165, 1.54) is 0 Å². The van der Waals surface area contributed by atoms with Crippen LogP contribution >= 0.6 is 0 Å². The van der Waals surface area contributed by atoms with Crippen molar-refractivity contribution in [2.24, 2.45) is 11.8 Å². The molecular formula is C18H29N3O2. The Hall–Kier alpha value is -1.62. The van der Waals surface area contributed by atoms with E-state index >= 15 is 0 Å². The summed E-state index contributed by atoms with van der Waals surface area (Å²) in [6.45, 7) is 9.70. The van der Waals surface area contributed by atoms with Crippen molar-refractivity contribution < 1.29 is 9.90 Å². The molecule has 1 aliphatic rings. The van der Waals surface area contributed by atoms with Crippen LogP contribution in [0.3, 0.4) is 0 Å². The van der Waals surface area contributed by atoms with Gasteiger partial charge in [-0.25, -0.2) is 4.98 Å². The number of aliphatic hydroxyl groups is 1. The van der Waals surface area contributed by atoms with Gasteiger partial charge < -0.3 is 15.3 Å². The Balaban J connectivity index is 1.82. The van der Waals surface area contributed by atoms with Gasteiger partial charge in [-0.3, -0.25) is 4.79 Å². The topological polar surface area (TPSA) is 65.5 Å². The average molecular weight is 319 g/mol. The van der Waals surface area contributed by atoms with Crippen LogP contribution in [-0.2, 0) is 4.79 Å². The molecule has 23 heavy (non-hydrogen) atoms. The number of hydrogen-bond acceptors (Lipinski definition) is 4. The number of carbonyl (C=O) groups is 1. The third-order valence-corrected chi connectivity index (χ3v) is 4.95. The molecule has 5 nitrogen and oxygen atoms in total. The van der Waals surface area contributed by atoms with Crippen LogP contribution < -0.4 is 10.2 Å². The van der Waals surface area contributed by atoms with Crippen molar-refractivity contribution >= 4 is 11.7 Å². The Kier molecular flexibility index (Phi) is 5.63. The first-order valence-electron chi connectivity index (χ1n) is 8.47. The molecule has 1 fully saturated rings. The van der Waals surface area contributed by atoms with Crippen LogP contribution in [0.2, 0.25) is 0 Å². The largest absolute Gasteiger partial charge is 0.388 e. The van der Waals surface area contributed by atoms with Crippen molar-refractivity contribution in [3.8, 4) is 0 Å². The van der Waals surface area contributed by atoms with Gasteiger partial charge in [-0.1, -0.05) is 19.9 Å². The summed E-state index contributed by atoms with van der Waals surface area (Å²) in [6, 6.07) is 4.10. The Bertz CT molecular complexity index is 518. The number of nitrogens with zero attached hydrogens (tertiary/aromatic N) is 2. The fourth-order valence-corrected chi connectivity index (χ4v) is 2.63. The second kappa shape index (κ2) is 7.30. The van der Waals surface area contributed by atoms with Gasteiger partial charge >= 0.3 is 0 Å². The zero-order chi connectivity index (χ0) is 17.0. The van der Waals surface area contributed by atoms with Crippen LogP contribution in [0, 0.1) is 18.8 Å². The van der Waals surface area contributed by atoms with Crippen molar-refractivity contribution in [1.29, 1.82) is 0 Å². The summed E-state index contributed by atoms with van der Waals surface area (Å²) in [4.78, 5) is 19.0. The number of aromatic nitrogens is 1. The number of pyridine rings is 1. The van der Waals surface area contributed by atoms with Gasteiger partial charge in [0.25, 0.3) is 0 Å². The predicted molar refractivity (Wildman–Crippen MR) is 92.4 cm³/mol. The van der Waals surface area contributed by atoms with Crippen molar-refractivity contribution in [2.45, 2.75) is 46.1 Å². The first kappa shape index (κ1) is 17.7. The Morgan fingerprint density at radius 2 is 2.09 bits per heavy atom. The van der Waals surface area contributed by atoms with Crippen LogP contribution in [0.4, 0.5) is 5.82 Å². The highest BCUT2D eigenvalue weighted by Crippen LogP contribution is 2.22. The standard InChI is InChI=1S/C18H29N3O2/c1-13(2)18(4,23)12-20-17(22)15-7-9-21(10-8-15)16-6-5-14(3)11-19-16/h5-6,11,13,15,23H,7-10,12H2,1-4H3,(H,20,22). The summed E-state index contributed by atoms with van der Waals surface area (Å²) in [5, 5.41) is 13.1. The van der Waals surface area contributed by atoms with Gasteiger partial charge in [0.05, 0.1) is 5.60 Å². The minimum Gasteiger partial charge on any atom is -0.388 e. The van der Waals surface area contributed by atoms with E-state index in [1.807, 2.05) is 33.0 Å². The van der Waals surface area contributed by atoms with Gasteiger partial charge in [0.1, 0.15) is 5.82 Å². The molecule has 1 saturated heterocycles. The normalized spacial score (nSPS) is 18.8. The SMILES string of the molecule is Cc1ccc(N2CCC(C(=O)NCC(C)(O)C(C)C)CC2)nc1. The molecule has 5 heteroatoms. The monoisotopic (exact) mass is 319 g/mol. The van der Waals surface area contributed by atoms with E-state index in [1.54, 1.807) is 6.92 Å². The minimum atomic E-state index is -0.859. The lowest BCUT2D eigenvalue weighted by molar-refractivity contribution is -0.127. The molecule has 1 amide bonds. The van der Waals surface area contributed by atoms with Crippen molar-refractivity contribution in [1.82, 2.24) is 10.3 Å². The second-order valence-electron chi connectivity index (χ2n) is 7.18. The van der Waals surface area contributed by atoms with Crippen LogP contribution in [0.25, 0.3) is 0 Å². The molecule has 1 aromatic rings. The van der Waals surface area contributed by atoms with Crippen LogP contribution in [0.1, 0.15) is 39.2 Å². The molecule has 2 heterocycles. The van der Waals surface area contributed by atoms with Crippen molar-refractivity contribution in [3.63, 3.8) is 0 Å². The molecular weight excluding hydrogens is 290 g/mol. The molecule has 0 bridgehead atoms. The number of hydrogen-bond donors (Lipinski definition) is 2. The zero-order valence-electron chi connectivity index (χ0n) is 14.7. The summed E-state index contributed by atoms with van der Waals surface area (Å²) in [7, 11) is 0. The van der Waals surface area contributed by atoms with Crippen molar-refractivity contribution in [3.05, 3.63) is 23.9 Å². The van der Waals surface area contributed by atoms with E-state index in [4.69, 9.17) is 0 Å². The zero-order valence-corrected chi connectivity index (χ0v) is 14.7. The third kappa shape index (κ3) is 4.67. The second-order valence-corrected chi connectivity index (χ2v) is 7.18. The quantitative estimate of drug-likeness (QED) is 0.872. The van der Waals surface area contributed by atoms with E-state index in [2.05, 4.69) is 21.3 Å². The summed E-state index contributed by atoms with van der Waals surface area (Å²) in [5.74, 6) is 1.18. The first-order valence-corrected chi connectivity index (χ1v) is 8.47. The highest BCUT2D eigenvalue weighted by atomic mass is 16.3.